The molecule has 0 saturated carbocycles. The zero-order valence-electron chi connectivity index (χ0n) is 18.8. The van der Waals surface area contributed by atoms with Crippen LogP contribution in [0.4, 0.5) is 5.82 Å². The van der Waals surface area contributed by atoms with E-state index in [1.165, 1.54) is 10.8 Å². The van der Waals surface area contributed by atoms with Gasteiger partial charge in [-0.05, 0) is 32.9 Å². The summed E-state index contributed by atoms with van der Waals surface area (Å²) in [7, 11) is 0. The molecule has 0 bridgehead atoms. The molecular weight excluding hydrogens is 420 g/mol. The number of carbonyl (C=O) groups excluding carboxylic acids is 2. The third kappa shape index (κ3) is 5.00. The Bertz CT molecular complexity index is 969. The maximum Gasteiger partial charge on any atom is 0.313 e. The molecule has 2 aromatic rings. The van der Waals surface area contributed by atoms with E-state index in [1.54, 1.807) is 46.8 Å². The van der Waals surface area contributed by atoms with Crippen LogP contribution >= 0.6 is 0 Å². The van der Waals surface area contributed by atoms with E-state index in [0.29, 0.717) is 11.2 Å². The zero-order valence-corrected chi connectivity index (χ0v) is 18.8. The Morgan fingerprint density at radius 1 is 1.28 bits per heavy atom. The van der Waals surface area contributed by atoms with Gasteiger partial charge in [0.05, 0.1) is 17.0 Å². The van der Waals surface area contributed by atoms with Gasteiger partial charge in [-0.15, -0.1) is 0 Å². The van der Waals surface area contributed by atoms with Crippen LogP contribution < -0.4 is 5.73 Å². The lowest BCUT2D eigenvalue weighted by Crippen LogP contribution is -2.38. The van der Waals surface area contributed by atoms with Crippen LogP contribution in [0.25, 0.3) is 5.52 Å². The summed E-state index contributed by atoms with van der Waals surface area (Å²) in [5, 5.41) is 15.2. The maximum absolute atomic E-state index is 12.0. The van der Waals surface area contributed by atoms with Gasteiger partial charge in [-0.2, -0.15) is 5.10 Å². The molecule has 1 aliphatic heterocycles. The van der Waals surface area contributed by atoms with Gasteiger partial charge in [-0.25, -0.2) is 9.50 Å². The topological polar surface area (TPSA) is 148 Å². The molecule has 3 N–H and O–H groups in total. The number of ether oxygens (including phenoxy) is 4. The Morgan fingerprint density at radius 2 is 2.00 bits per heavy atom. The Kier molecular flexibility index (Phi) is 7.01. The molecule has 1 saturated heterocycles. The van der Waals surface area contributed by atoms with E-state index in [9.17, 15) is 14.7 Å². The number of fused-ring (bicyclic) bond motifs is 1. The highest BCUT2D eigenvalue weighted by atomic mass is 16.7. The van der Waals surface area contributed by atoms with Crippen molar-refractivity contribution in [3.05, 3.63) is 24.2 Å². The predicted molar refractivity (Wildman–Crippen MR) is 112 cm³/mol. The minimum absolute atomic E-state index is 0.136. The summed E-state index contributed by atoms with van der Waals surface area (Å²) in [6, 6.07) is 3.43. The van der Waals surface area contributed by atoms with Gasteiger partial charge in [0.2, 0.25) is 0 Å². The normalized spacial score (nSPS) is 23.6. The molecule has 0 spiro atoms. The number of nitrogens with two attached hydrogens (primary N) is 1. The highest BCUT2D eigenvalue weighted by Crippen LogP contribution is 2.36. The lowest BCUT2D eigenvalue weighted by molar-refractivity contribution is -0.178. The maximum atomic E-state index is 12.0. The van der Waals surface area contributed by atoms with Crippen LogP contribution in [0.15, 0.2) is 18.5 Å². The summed E-state index contributed by atoms with van der Waals surface area (Å²) < 4.78 is 23.7. The van der Waals surface area contributed by atoms with Crippen molar-refractivity contribution >= 4 is 23.3 Å². The first-order valence-electron chi connectivity index (χ1n) is 10.4. The van der Waals surface area contributed by atoms with Crippen LogP contribution in [0.2, 0.25) is 0 Å². The molecule has 0 amide bonds. The van der Waals surface area contributed by atoms with E-state index >= 15 is 0 Å². The van der Waals surface area contributed by atoms with Gasteiger partial charge in [-0.1, -0.05) is 13.8 Å². The zero-order chi connectivity index (χ0) is 23.6. The second-order valence-electron chi connectivity index (χ2n) is 9.00. The SMILES string of the molecule is CC(C)C(=O)OC[C@H]1O[C@@H](c2ccc3c(N)ncnn23)[C@H](O)[C@@H]1OCOC(=O)C(C)(C)C. The Hall–Kier alpha value is -2.76. The number of hydrogen-bond acceptors (Lipinski definition) is 10. The highest BCUT2D eigenvalue weighted by molar-refractivity contribution is 5.75. The number of aliphatic hydroxyl groups excluding tert-OH is 1. The second-order valence-corrected chi connectivity index (χ2v) is 9.00. The number of carbonyl (C=O) groups is 2. The fraction of sp³-hybridized carbons (Fsp3) is 0.619. The van der Waals surface area contributed by atoms with Crippen LogP contribution in [-0.4, -0.2) is 63.4 Å². The molecule has 0 unspecified atom stereocenters. The Labute approximate surface area is 185 Å². The number of rotatable bonds is 7. The van der Waals surface area contributed by atoms with Crippen LogP contribution in [-0.2, 0) is 28.5 Å². The predicted octanol–water partition coefficient (Wildman–Crippen LogP) is 1.24. The van der Waals surface area contributed by atoms with E-state index in [-0.39, 0.29) is 25.1 Å². The van der Waals surface area contributed by atoms with Crippen LogP contribution in [0, 0.1) is 11.3 Å². The third-order valence-corrected chi connectivity index (χ3v) is 5.06. The standard InChI is InChI=1S/C21H30N4O7/c1-11(2)19(27)29-8-14-17(30-10-31-20(28)21(3,4)5)15(26)16(32-14)12-6-7-13-18(22)23-9-24-25(12)13/h6-7,9,11,14-17,26H,8,10H2,1-5H3,(H2,22,23,24)/t14-,15+,16+,17-/m1/s1. The van der Waals surface area contributed by atoms with E-state index in [4.69, 9.17) is 24.7 Å². The first-order chi connectivity index (χ1) is 15.0. The minimum atomic E-state index is -1.15. The molecule has 1 fully saturated rings. The smallest absolute Gasteiger partial charge is 0.313 e. The summed E-state index contributed by atoms with van der Waals surface area (Å²) >= 11 is 0. The fourth-order valence-electron chi connectivity index (χ4n) is 3.23. The van der Waals surface area contributed by atoms with Gasteiger partial charge in [-0.3, -0.25) is 9.59 Å². The number of nitrogen functional groups attached to an aromatic ring is 1. The molecule has 176 valence electrons. The van der Waals surface area contributed by atoms with Gasteiger partial charge in [0.15, 0.2) is 12.6 Å². The van der Waals surface area contributed by atoms with Gasteiger partial charge in [0.1, 0.15) is 42.9 Å². The van der Waals surface area contributed by atoms with Gasteiger partial charge >= 0.3 is 11.9 Å². The van der Waals surface area contributed by atoms with Crippen LogP contribution in [0.3, 0.4) is 0 Å². The van der Waals surface area contributed by atoms with Crippen LogP contribution in [0.5, 0.6) is 0 Å². The summed E-state index contributed by atoms with van der Waals surface area (Å²) in [5.41, 5.74) is 6.28. The van der Waals surface area contributed by atoms with Crippen LogP contribution in [0.1, 0.15) is 46.4 Å². The van der Waals surface area contributed by atoms with E-state index < -0.39 is 41.8 Å². The average molecular weight is 450 g/mol. The van der Waals surface area contributed by atoms with Gasteiger partial charge < -0.3 is 29.8 Å². The van der Waals surface area contributed by atoms with Gasteiger partial charge in [0, 0.05) is 0 Å². The number of esters is 2. The molecule has 11 nitrogen and oxygen atoms in total. The van der Waals surface area contributed by atoms with E-state index in [0.717, 1.165) is 0 Å². The first kappa shape index (κ1) is 23.9. The molecule has 0 radical (unpaired) electrons. The molecule has 0 aromatic carbocycles. The van der Waals surface area contributed by atoms with E-state index in [1.807, 2.05) is 0 Å². The number of aliphatic hydroxyl groups is 1. The molecule has 3 heterocycles. The molecule has 32 heavy (non-hydrogen) atoms. The molecular formula is C21H30N4O7. The first-order valence-corrected chi connectivity index (χ1v) is 10.4. The molecule has 0 aliphatic carbocycles. The van der Waals surface area contributed by atoms with Crippen molar-refractivity contribution in [2.24, 2.45) is 11.3 Å². The van der Waals surface area contributed by atoms with Crippen molar-refractivity contribution in [2.45, 2.75) is 59.0 Å². The summed E-state index contributed by atoms with van der Waals surface area (Å²) in [4.78, 5) is 27.9. The molecule has 11 heteroatoms. The lowest BCUT2D eigenvalue weighted by atomic mass is 9.98. The minimum Gasteiger partial charge on any atom is -0.463 e. The van der Waals surface area contributed by atoms with Crippen molar-refractivity contribution in [2.75, 3.05) is 19.1 Å². The third-order valence-electron chi connectivity index (χ3n) is 5.06. The number of anilines is 1. The second kappa shape index (κ2) is 9.39. The molecule has 2 aromatic heterocycles. The summed E-state index contributed by atoms with van der Waals surface area (Å²) in [5.74, 6) is -0.894. The molecule has 4 atom stereocenters. The van der Waals surface area contributed by atoms with Crippen molar-refractivity contribution in [3.63, 3.8) is 0 Å². The largest absolute Gasteiger partial charge is 0.463 e. The Balaban J connectivity index is 1.78. The Morgan fingerprint density at radius 3 is 2.66 bits per heavy atom. The monoisotopic (exact) mass is 450 g/mol. The molecule has 1 aliphatic rings. The van der Waals surface area contributed by atoms with Crippen molar-refractivity contribution < 1.29 is 33.6 Å². The number of aromatic nitrogens is 3. The quantitative estimate of drug-likeness (QED) is 0.466. The fourth-order valence-corrected chi connectivity index (χ4v) is 3.23. The number of hydrogen-bond donors (Lipinski definition) is 2. The van der Waals surface area contributed by atoms with Gasteiger partial charge in [0.25, 0.3) is 0 Å². The van der Waals surface area contributed by atoms with Crippen molar-refractivity contribution in [1.82, 2.24) is 14.6 Å². The number of nitrogens with zero attached hydrogens (tertiary/aromatic N) is 3. The summed E-state index contributed by atoms with van der Waals surface area (Å²) in [6.45, 7) is 8.07. The average Bonchev–Trinajstić information content (AvgIpc) is 3.27. The summed E-state index contributed by atoms with van der Waals surface area (Å²) in [6.07, 6.45) is -2.42. The van der Waals surface area contributed by atoms with Crippen molar-refractivity contribution in [3.8, 4) is 0 Å². The van der Waals surface area contributed by atoms with Crippen molar-refractivity contribution in [1.29, 1.82) is 0 Å². The highest BCUT2D eigenvalue weighted by Gasteiger charge is 2.47. The lowest BCUT2D eigenvalue weighted by Gasteiger charge is -2.22. The van der Waals surface area contributed by atoms with E-state index in [2.05, 4.69) is 10.1 Å². The molecule has 3 rings (SSSR count).